The molecule has 0 spiro atoms. The zero-order chi connectivity index (χ0) is 22.2. The maximum Gasteiger partial charge on any atom is 0.323 e. The fraction of sp³-hybridized carbons (Fsp3) is 0.400. The van der Waals surface area contributed by atoms with Gasteiger partial charge in [0.15, 0.2) is 19.8 Å². The summed E-state index contributed by atoms with van der Waals surface area (Å²) < 4.78 is 19.0. The van der Waals surface area contributed by atoms with Crippen LogP contribution in [0.3, 0.4) is 0 Å². The number of carbonyl (C=O) groups excluding carboxylic acids is 1. The van der Waals surface area contributed by atoms with E-state index in [4.69, 9.17) is 19.7 Å². The SMILES string of the molecule is CC(C)OC(=O)C(C)NP(COCCn1cnc2c(N)ncnc21)Oc1ccccc1. The number of esters is 1. The van der Waals surface area contributed by atoms with Gasteiger partial charge in [0.2, 0.25) is 0 Å². The number of benzene rings is 1. The van der Waals surface area contributed by atoms with Crippen molar-refractivity contribution in [2.45, 2.75) is 39.5 Å². The van der Waals surface area contributed by atoms with Crippen molar-refractivity contribution in [3.8, 4) is 5.75 Å². The predicted octanol–water partition coefficient (Wildman–Crippen LogP) is 2.70. The number of aromatic nitrogens is 4. The highest BCUT2D eigenvalue weighted by Gasteiger charge is 2.22. The number of para-hydroxylation sites is 1. The molecule has 0 radical (unpaired) electrons. The van der Waals surface area contributed by atoms with Crippen LogP contribution in [-0.4, -0.2) is 50.6 Å². The van der Waals surface area contributed by atoms with Gasteiger partial charge in [-0.1, -0.05) is 18.2 Å². The topological polar surface area (TPSA) is 126 Å². The number of rotatable bonds is 11. The first-order chi connectivity index (χ1) is 14.9. The van der Waals surface area contributed by atoms with Crippen LogP contribution >= 0.6 is 8.30 Å². The van der Waals surface area contributed by atoms with Crippen LogP contribution in [0.25, 0.3) is 11.2 Å². The molecule has 0 saturated carbocycles. The molecule has 3 aromatic rings. The van der Waals surface area contributed by atoms with Gasteiger partial charge >= 0.3 is 5.97 Å². The minimum atomic E-state index is -1.29. The van der Waals surface area contributed by atoms with Gasteiger partial charge in [0, 0.05) is 6.54 Å². The van der Waals surface area contributed by atoms with Crippen molar-refractivity contribution in [1.29, 1.82) is 0 Å². The molecule has 11 heteroatoms. The molecule has 0 amide bonds. The lowest BCUT2D eigenvalue weighted by Gasteiger charge is -2.23. The quantitative estimate of drug-likeness (QED) is 0.260. The molecule has 3 N–H and O–H groups in total. The lowest BCUT2D eigenvalue weighted by atomic mass is 10.3. The molecule has 2 aromatic heterocycles. The Balaban J connectivity index is 1.57. The summed E-state index contributed by atoms with van der Waals surface area (Å²) in [4.78, 5) is 24.6. The number of hydrogen-bond donors (Lipinski definition) is 2. The number of nitrogens with zero attached hydrogens (tertiary/aromatic N) is 4. The van der Waals surface area contributed by atoms with Crippen LogP contribution in [0.5, 0.6) is 5.75 Å². The number of ether oxygens (including phenoxy) is 2. The fourth-order valence-corrected chi connectivity index (χ4v) is 4.06. The van der Waals surface area contributed by atoms with E-state index in [1.807, 2.05) is 48.7 Å². The highest BCUT2D eigenvalue weighted by Crippen LogP contribution is 2.34. The number of carbonyl (C=O) groups is 1. The Labute approximate surface area is 182 Å². The average Bonchev–Trinajstić information content (AvgIpc) is 3.15. The maximum absolute atomic E-state index is 12.2. The molecule has 1 aromatic carbocycles. The Morgan fingerprint density at radius 2 is 1.97 bits per heavy atom. The van der Waals surface area contributed by atoms with Gasteiger partial charge < -0.3 is 24.3 Å². The third-order valence-electron chi connectivity index (χ3n) is 4.12. The van der Waals surface area contributed by atoms with E-state index in [0.717, 1.165) is 0 Å². The largest absolute Gasteiger partial charge is 0.462 e. The summed E-state index contributed by atoms with van der Waals surface area (Å²) in [6, 6.07) is 8.87. The van der Waals surface area contributed by atoms with E-state index >= 15 is 0 Å². The first kappa shape index (κ1) is 22.9. The van der Waals surface area contributed by atoms with E-state index in [0.29, 0.717) is 35.9 Å². The van der Waals surface area contributed by atoms with Gasteiger partial charge in [-0.3, -0.25) is 4.79 Å². The fourth-order valence-electron chi connectivity index (χ4n) is 2.67. The van der Waals surface area contributed by atoms with Crippen molar-refractivity contribution < 1.29 is 18.8 Å². The van der Waals surface area contributed by atoms with Crippen LogP contribution in [0.1, 0.15) is 20.8 Å². The summed E-state index contributed by atoms with van der Waals surface area (Å²) >= 11 is 0. The summed E-state index contributed by atoms with van der Waals surface area (Å²) in [5, 5.41) is 3.19. The third-order valence-corrected chi connectivity index (χ3v) is 5.64. The van der Waals surface area contributed by atoms with Gasteiger partial charge in [0.25, 0.3) is 0 Å². The van der Waals surface area contributed by atoms with Crippen LogP contribution in [0.2, 0.25) is 0 Å². The van der Waals surface area contributed by atoms with Gasteiger partial charge in [-0.15, -0.1) is 0 Å². The second kappa shape index (κ2) is 11.0. The molecule has 0 saturated heterocycles. The Morgan fingerprint density at radius 1 is 1.19 bits per heavy atom. The molecule has 2 unspecified atom stereocenters. The van der Waals surface area contributed by atoms with E-state index in [-0.39, 0.29) is 18.4 Å². The van der Waals surface area contributed by atoms with E-state index < -0.39 is 14.3 Å². The molecule has 0 aliphatic rings. The minimum absolute atomic E-state index is 0.183. The maximum atomic E-state index is 12.2. The minimum Gasteiger partial charge on any atom is -0.462 e. The summed E-state index contributed by atoms with van der Waals surface area (Å²) in [6.45, 7) is 6.31. The lowest BCUT2D eigenvalue weighted by Crippen LogP contribution is -2.35. The van der Waals surface area contributed by atoms with Crippen molar-refractivity contribution in [1.82, 2.24) is 24.6 Å². The molecule has 3 rings (SSSR count). The number of imidazole rings is 1. The normalized spacial score (nSPS) is 13.3. The third kappa shape index (κ3) is 6.58. The number of nitrogens with one attached hydrogen (secondary N) is 1. The molecule has 31 heavy (non-hydrogen) atoms. The Bertz CT molecular complexity index is 984. The molecule has 0 fully saturated rings. The Hall–Kier alpha value is -2.81. The molecule has 0 bridgehead atoms. The number of anilines is 1. The van der Waals surface area contributed by atoms with Crippen molar-refractivity contribution >= 4 is 31.3 Å². The monoisotopic (exact) mass is 446 g/mol. The van der Waals surface area contributed by atoms with Crippen molar-refractivity contribution in [2.24, 2.45) is 0 Å². The van der Waals surface area contributed by atoms with Crippen LogP contribution in [0, 0.1) is 0 Å². The molecule has 166 valence electrons. The first-order valence-electron chi connectivity index (χ1n) is 9.90. The smallest absolute Gasteiger partial charge is 0.323 e. The van der Waals surface area contributed by atoms with Crippen molar-refractivity contribution in [2.75, 3.05) is 18.7 Å². The first-order valence-corrected chi connectivity index (χ1v) is 11.3. The molecule has 10 nitrogen and oxygen atoms in total. The van der Waals surface area contributed by atoms with E-state index in [1.54, 1.807) is 13.3 Å². The van der Waals surface area contributed by atoms with Crippen molar-refractivity contribution in [3.05, 3.63) is 43.0 Å². The summed E-state index contributed by atoms with van der Waals surface area (Å²) in [5.41, 5.74) is 7.04. The number of nitrogens with two attached hydrogens (primary N) is 1. The Kier molecular flexibility index (Phi) is 8.11. The van der Waals surface area contributed by atoms with Crippen LogP contribution in [-0.2, 0) is 20.8 Å². The molecule has 0 aliphatic heterocycles. The highest BCUT2D eigenvalue weighted by molar-refractivity contribution is 7.50. The summed E-state index contributed by atoms with van der Waals surface area (Å²) in [5.74, 6) is 0.708. The van der Waals surface area contributed by atoms with Crippen LogP contribution in [0.4, 0.5) is 5.82 Å². The van der Waals surface area contributed by atoms with Gasteiger partial charge in [0.1, 0.15) is 30.0 Å². The number of nitrogen functional groups attached to an aromatic ring is 1. The molecule has 2 atom stereocenters. The van der Waals surface area contributed by atoms with Gasteiger partial charge in [0.05, 0.1) is 19.0 Å². The highest BCUT2D eigenvalue weighted by atomic mass is 31.2. The predicted molar refractivity (Wildman–Crippen MR) is 118 cm³/mol. The molecular formula is C20H27N6O4P. The zero-order valence-corrected chi connectivity index (χ0v) is 18.7. The molecule has 2 heterocycles. The standard InChI is InChI=1S/C20H27N6O4P/c1-14(2)29-20(27)15(3)25-31(30-16-7-5-4-6-8-16)13-28-10-9-26-12-24-17-18(21)22-11-23-19(17)26/h4-8,11-12,14-15,25H,9-10,13H2,1-3H3,(H2,21,22,23). The second-order valence-corrected chi connectivity index (χ2v) is 8.48. The van der Waals surface area contributed by atoms with Gasteiger partial charge in [-0.05, 0) is 32.9 Å². The second-order valence-electron chi connectivity index (χ2n) is 7.03. The van der Waals surface area contributed by atoms with Gasteiger partial charge in [-0.25, -0.2) is 20.0 Å². The summed E-state index contributed by atoms with van der Waals surface area (Å²) in [6.07, 6.45) is 3.17. The Morgan fingerprint density at radius 3 is 2.71 bits per heavy atom. The van der Waals surface area contributed by atoms with E-state index in [2.05, 4.69) is 20.0 Å². The average molecular weight is 446 g/mol. The molecular weight excluding hydrogens is 419 g/mol. The lowest BCUT2D eigenvalue weighted by molar-refractivity contribution is -0.148. The van der Waals surface area contributed by atoms with Crippen LogP contribution < -0.4 is 15.3 Å². The molecule has 0 aliphatic carbocycles. The van der Waals surface area contributed by atoms with E-state index in [9.17, 15) is 4.79 Å². The van der Waals surface area contributed by atoms with Crippen LogP contribution in [0.15, 0.2) is 43.0 Å². The summed E-state index contributed by atoms with van der Waals surface area (Å²) in [7, 11) is -1.29. The van der Waals surface area contributed by atoms with Crippen molar-refractivity contribution in [3.63, 3.8) is 0 Å². The number of hydrogen-bond acceptors (Lipinski definition) is 9. The number of fused-ring (bicyclic) bond motifs is 1. The van der Waals surface area contributed by atoms with Gasteiger partial charge in [-0.2, -0.15) is 0 Å². The zero-order valence-electron chi connectivity index (χ0n) is 17.8. The van der Waals surface area contributed by atoms with E-state index in [1.165, 1.54) is 6.33 Å².